The number of anilines is 1. The van der Waals surface area contributed by atoms with Crippen molar-refractivity contribution in [3.63, 3.8) is 0 Å². The van der Waals surface area contributed by atoms with Crippen LogP contribution in [0.1, 0.15) is 47.3 Å². The summed E-state index contributed by atoms with van der Waals surface area (Å²) in [4.78, 5) is 28.7. The van der Waals surface area contributed by atoms with Gasteiger partial charge in [0.2, 0.25) is 5.91 Å². The number of carbonyl (C=O) groups excluding carboxylic acids is 2. The number of carbonyl (C=O) groups is 2. The molecule has 1 aliphatic rings. The van der Waals surface area contributed by atoms with Crippen LogP contribution in [0.5, 0.6) is 5.75 Å². The van der Waals surface area contributed by atoms with Gasteiger partial charge in [-0.05, 0) is 61.7 Å². The van der Waals surface area contributed by atoms with E-state index in [1.54, 1.807) is 30.6 Å². The van der Waals surface area contributed by atoms with Crippen molar-refractivity contribution < 1.29 is 14.3 Å². The quantitative estimate of drug-likeness (QED) is 0.568. The summed E-state index contributed by atoms with van der Waals surface area (Å²) in [6, 6.07) is 18.3. The van der Waals surface area contributed by atoms with E-state index in [1.165, 1.54) is 0 Å². The number of aromatic nitrogens is 1. The molecule has 4 rings (SSSR count). The van der Waals surface area contributed by atoms with Crippen LogP contribution >= 0.6 is 0 Å². The van der Waals surface area contributed by atoms with Crippen molar-refractivity contribution in [1.82, 2.24) is 10.3 Å². The topological polar surface area (TPSA) is 80.3 Å². The molecule has 1 fully saturated rings. The van der Waals surface area contributed by atoms with E-state index in [2.05, 4.69) is 15.6 Å². The standard InChI is InChI=1S/C25H25N3O3/c1-17(19-9-11-22(12-10-19)28-24(29)20-7-8-20)27-25(30)21-5-2-6-23(14-21)31-16-18-4-3-13-26-15-18/h2-6,9-15,17,20H,7-8,16H2,1H3,(H,27,30)(H,28,29). The average molecular weight is 415 g/mol. The van der Waals surface area contributed by atoms with Crippen LogP contribution in [0.3, 0.4) is 0 Å². The van der Waals surface area contributed by atoms with E-state index < -0.39 is 0 Å². The molecule has 2 amide bonds. The molecule has 0 radical (unpaired) electrons. The molecule has 2 aromatic carbocycles. The Kier molecular flexibility index (Phi) is 6.26. The van der Waals surface area contributed by atoms with E-state index in [0.29, 0.717) is 17.9 Å². The molecule has 1 unspecified atom stereocenters. The number of benzene rings is 2. The Balaban J connectivity index is 1.33. The van der Waals surface area contributed by atoms with E-state index in [0.717, 1.165) is 29.7 Å². The summed E-state index contributed by atoms with van der Waals surface area (Å²) >= 11 is 0. The molecule has 2 N–H and O–H groups in total. The Morgan fingerprint density at radius 2 is 1.90 bits per heavy atom. The summed E-state index contributed by atoms with van der Waals surface area (Å²) in [6.07, 6.45) is 5.42. The normalized spacial score (nSPS) is 13.8. The Morgan fingerprint density at radius 3 is 2.61 bits per heavy atom. The minimum absolute atomic E-state index is 0.0831. The molecule has 1 atom stereocenters. The molecule has 1 aromatic heterocycles. The van der Waals surface area contributed by atoms with Gasteiger partial charge in [0.1, 0.15) is 12.4 Å². The molecule has 6 nitrogen and oxygen atoms in total. The van der Waals surface area contributed by atoms with Crippen LogP contribution < -0.4 is 15.4 Å². The van der Waals surface area contributed by atoms with Gasteiger partial charge in [-0.15, -0.1) is 0 Å². The zero-order valence-electron chi connectivity index (χ0n) is 17.4. The summed E-state index contributed by atoms with van der Waals surface area (Å²) in [5.74, 6) is 0.701. The Labute approximate surface area is 181 Å². The molecule has 6 heteroatoms. The minimum atomic E-state index is -0.180. The van der Waals surface area contributed by atoms with Gasteiger partial charge in [0, 0.05) is 35.1 Å². The molecule has 3 aromatic rings. The largest absolute Gasteiger partial charge is 0.489 e. The molecule has 0 aliphatic heterocycles. The third-order valence-electron chi connectivity index (χ3n) is 5.20. The van der Waals surface area contributed by atoms with E-state index in [1.807, 2.05) is 49.4 Å². The molecule has 1 aliphatic carbocycles. The zero-order chi connectivity index (χ0) is 21.6. The van der Waals surface area contributed by atoms with Gasteiger partial charge in [-0.2, -0.15) is 0 Å². The Morgan fingerprint density at radius 1 is 1.10 bits per heavy atom. The number of amides is 2. The second-order valence-corrected chi connectivity index (χ2v) is 7.76. The van der Waals surface area contributed by atoms with Gasteiger partial charge in [0.25, 0.3) is 5.91 Å². The third kappa shape index (κ3) is 5.69. The molecule has 31 heavy (non-hydrogen) atoms. The highest BCUT2D eigenvalue weighted by Gasteiger charge is 2.29. The first-order valence-electron chi connectivity index (χ1n) is 10.4. The van der Waals surface area contributed by atoms with Crippen LogP contribution in [0.2, 0.25) is 0 Å². The van der Waals surface area contributed by atoms with Crippen molar-refractivity contribution in [2.24, 2.45) is 5.92 Å². The highest BCUT2D eigenvalue weighted by molar-refractivity contribution is 5.95. The fraction of sp³-hybridized carbons (Fsp3) is 0.240. The lowest BCUT2D eigenvalue weighted by atomic mass is 10.1. The maximum absolute atomic E-state index is 12.7. The van der Waals surface area contributed by atoms with E-state index >= 15 is 0 Å². The highest BCUT2D eigenvalue weighted by atomic mass is 16.5. The van der Waals surface area contributed by atoms with Crippen LogP contribution in [0, 0.1) is 5.92 Å². The summed E-state index contributed by atoms with van der Waals surface area (Å²) in [6.45, 7) is 2.32. The second kappa shape index (κ2) is 9.43. The lowest BCUT2D eigenvalue weighted by Crippen LogP contribution is -2.26. The van der Waals surface area contributed by atoms with Crippen molar-refractivity contribution in [3.05, 3.63) is 89.7 Å². The molecule has 1 heterocycles. The van der Waals surface area contributed by atoms with Gasteiger partial charge in [0.05, 0.1) is 6.04 Å². The van der Waals surface area contributed by atoms with E-state index in [9.17, 15) is 9.59 Å². The molecule has 0 spiro atoms. The lowest BCUT2D eigenvalue weighted by molar-refractivity contribution is -0.117. The molecule has 0 saturated heterocycles. The number of ether oxygens (including phenoxy) is 1. The second-order valence-electron chi connectivity index (χ2n) is 7.76. The first-order valence-corrected chi connectivity index (χ1v) is 10.4. The summed E-state index contributed by atoms with van der Waals surface area (Å²) in [5, 5.41) is 5.93. The molecular formula is C25H25N3O3. The Bertz CT molecular complexity index is 1050. The maximum Gasteiger partial charge on any atom is 0.251 e. The molecule has 1 saturated carbocycles. The SMILES string of the molecule is CC(NC(=O)c1cccc(OCc2cccnc2)c1)c1ccc(NC(=O)C2CC2)cc1. The summed E-state index contributed by atoms with van der Waals surface area (Å²) < 4.78 is 5.78. The zero-order valence-corrected chi connectivity index (χ0v) is 17.4. The van der Waals surface area contributed by atoms with Gasteiger partial charge in [-0.25, -0.2) is 0 Å². The van der Waals surface area contributed by atoms with Crippen molar-refractivity contribution in [1.29, 1.82) is 0 Å². The molecule has 0 bridgehead atoms. The van der Waals surface area contributed by atoms with Crippen molar-refractivity contribution in [2.45, 2.75) is 32.4 Å². The minimum Gasteiger partial charge on any atom is -0.489 e. The first kappa shape index (κ1) is 20.6. The predicted molar refractivity (Wildman–Crippen MR) is 119 cm³/mol. The van der Waals surface area contributed by atoms with Gasteiger partial charge < -0.3 is 15.4 Å². The van der Waals surface area contributed by atoms with Crippen molar-refractivity contribution in [3.8, 4) is 5.75 Å². The predicted octanol–water partition coefficient (Wildman–Crippen LogP) is 4.50. The number of hydrogen-bond acceptors (Lipinski definition) is 4. The average Bonchev–Trinajstić information content (AvgIpc) is 3.65. The summed E-state index contributed by atoms with van der Waals surface area (Å²) in [5.41, 5.74) is 3.23. The van der Waals surface area contributed by atoms with Gasteiger partial charge >= 0.3 is 0 Å². The Hall–Kier alpha value is -3.67. The van der Waals surface area contributed by atoms with Crippen LogP contribution in [-0.4, -0.2) is 16.8 Å². The van der Waals surface area contributed by atoms with Crippen LogP contribution in [0.15, 0.2) is 73.1 Å². The van der Waals surface area contributed by atoms with Crippen LogP contribution in [0.4, 0.5) is 5.69 Å². The smallest absolute Gasteiger partial charge is 0.251 e. The number of nitrogens with zero attached hydrogens (tertiary/aromatic N) is 1. The van der Waals surface area contributed by atoms with Crippen molar-refractivity contribution in [2.75, 3.05) is 5.32 Å². The van der Waals surface area contributed by atoms with E-state index in [-0.39, 0.29) is 23.8 Å². The monoisotopic (exact) mass is 415 g/mol. The molecular weight excluding hydrogens is 390 g/mol. The number of pyridine rings is 1. The van der Waals surface area contributed by atoms with Crippen LogP contribution in [-0.2, 0) is 11.4 Å². The highest BCUT2D eigenvalue weighted by Crippen LogP contribution is 2.30. The van der Waals surface area contributed by atoms with Gasteiger partial charge in [-0.1, -0.05) is 24.3 Å². The third-order valence-corrected chi connectivity index (χ3v) is 5.20. The van der Waals surface area contributed by atoms with Crippen LogP contribution in [0.25, 0.3) is 0 Å². The summed E-state index contributed by atoms with van der Waals surface area (Å²) in [7, 11) is 0. The fourth-order valence-electron chi connectivity index (χ4n) is 3.19. The lowest BCUT2D eigenvalue weighted by Gasteiger charge is -2.16. The van der Waals surface area contributed by atoms with Crippen molar-refractivity contribution >= 4 is 17.5 Å². The fourth-order valence-corrected chi connectivity index (χ4v) is 3.19. The molecule has 158 valence electrons. The first-order chi connectivity index (χ1) is 15.1. The van der Waals surface area contributed by atoms with Gasteiger partial charge in [0.15, 0.2) is 0 Å². The maximum atomic E-state index is 12.7. The number of nitrogens with one attached hydrogen (secondary N) is 2. The number of rotatable bonds is 8. The van der Waals surface area contributed by atoms with Gasteiger partial charge in [-0.3, -0.25) is 14.6 Å². The van der Waals surface area contributed by atoms with E-state index in [4.69, 9.17) is 4.74 Å². The number of hydrogen-bond donors (Lipinski definition) is 2.